The highest BCUT2D eigenvalue weighted by Gasteiger charge is 2.12. The molecule has 0 unspecified atom stereocenters. The number of aliphatic hydroxyl groups is 1. The minimum absolute atomic E-state index is 0.209. The molecular formula is C19H24O2. The summed E-state index contributed by atoms with van der Waals surface area (Å²) in [6, 6.07) is 19.3. The Balaban J connectivity index is 0.000000211. The standard InChI is InChI=1S/C10H14O.C9H10O/c1-10(2,11)8-9-6-4-3-5-7-9;1-2-9(10)8-6-4-3-5-7-8/h3-7,11H,8H2,1-2H3;3-7H,2H2,1H3. The van der Waals surface area contributed by atoms with Gasteiger partial charge >= 0.3 is 0 Å². The van der Waals surface area contributed by atoms with Gasteiger partial charge in [0, 0.05) is 18.4 Å². The number of benzene rings is 2. The fraction of sp³-hybridized carbons (Fsp3) is 0.316. The van der Waals surface area contributed by atoms with Gasteiger partial charge in [0.15, 0.2) is 5.78 Å². The van der Waals surface area contributed by atoms with Gasteiger partial charge in [0.25, 0.3) is 0 Å². The molecule has 2 rings (SSSR count). The molecule has 0 aromatic heterocycles. The van der Waals surface area contributed by atoms with Crippen LogP contribution in [0.2, 0.25) is 0 Å². The Hall–Kier alpha value is -1.93. The van der Waals surface area contributed by atoms with Crippen molar-refractivity contribution in [1.29, 1.82) is 0 Å². The van der Waals surface area contributed by atoms with Crippen LogP contribution >= 0.6 is 0 Å². The van der Waals surface area contributed by atoms with Gasteiger partial charge in [-0.15, -0.1) is 0 Å². The van der Waals surface area contributed by atoms with Crippen molar-refractivity contribution in [3.63, 3.8) is 0 Å². The minimum atomic E-state index is -0.596. The van der Waals surface area contributed by atoms with Crippen LogP contribution in [-0.2, 0) is 6.42 Å². The molecule has 21 heavy (non-hydrogen) atoms. The molecule has 2 aromatic rings. The Morgan fingerprint density at radius 3 is 1.86 bits per heavy atom. The summed E-state index contributed by atoms with van der Waals surface area (Å²) in [7, 11) is 0. The van der Waals surface area contributed by atoms with E-state index in [0.717, 1.165) is 5.56 Å². The Morgan fingerprint density at radius 2 is 1.43 bits per heavy atom. The van der Waals surface area contributed by atoms with Crippen molar-refractivity contribution in [2.45, 2.75) is 39.2 Å². The third-order valence-electron chi connectivity index (χ3n) is 2.90. The van der Waals surface area contributed by atoms with Gasteiger partial charge in [-0.1, -0.05) is 67.6 Å². The molecule has 0 aliphatic rings. The van der Waals surface area contributed by atoms with Gasteiger partial charge in [0.1, 0.15) is 0 Å². The lowest BCUT2D eigenvalue weighted by Gasteiger charge is -2.16. The number of hydrogen-bond donors (Lipinski definition) is 1. The summed E-state index contributed by atoms with van der Waals surface area (Å²) >= 11 is 0. The van der Waals surface area contributed by atoms with Gasteiger partial charge < -0.3 is 5.11 Å². The van der Waals surface area contributed by atoms with Crippen molar-refractivity contribution in [3.8, 4) is 0 Å². The van der Waals surface area contributed by atoms with E-state index in [1.807, 2.05) is 81.4 Å². The molecule has 2 heteroatoms. The first-order valence-corrected chi connectivity index (χ1v) is 7.27. The van der Waals surface area contributed by atoms with Crippen LogP contribution in [0.1, 0.15) is 43.1 Å². The first-order chi connectivity index (χ1) is 9.92. The van der Waals surface area contributed by atoms with E-state index in [0.29, 0.717) is 12.8 Å². The summed E-state index contributed by atoms with van der Waals surface area (Å²) in [6.45, 7) is 5.51. The number of ketones is 1. The first kappa shape index (κ1) is 17.1. The second kappa shape index (κ2) is 8.38. The molecule has 1 N–H and O–H groups in total. The van der Waals surface area contributed by atoms with Crippen molar-refractivity contribution in [3.05, 3.63) is 71.8 Å². The van der Waals surface area contributed by atoms with Crippen LogP contribution in [0.4, 0.5) is 0 Å². The van der Waals surface area contributed by atoms with Crippen LogP contribution in [0.15, 0.2) is 60.7 Å². The molecule has 0 spiro atoms. The highest BCUT2D eigenvalue weighted by Crippen LogP contribution is 2.10. The summed E-state index contributed by atoms with van der Waals surface area (Å²) in [5, 5.41) is 9.47. The maximum absolute atomic E-state index is 11.0. The number of carbonyl (C=O) groups is 1. The Kier molecular flexibility index (Phi) is 6.83. The molecule has 0 aliphatic heterocycles. The monoisotopic (exact) mass is 284 g/mol. The zero-order valence-corrected chi connectivity index (χ0v) is 13.0. The van der Waals surface area contributed by atoms with E-state index >= 15 is 0 Å². The van der Waals surface area contributed by atoms with Gasteiger partial charge in [-0.05, 0) is 19.4 Å². The molecule has 0 bridgehead atoms. The van der Waals surface area contributed by atoms with Crippen LogP contribution in [0.25, 0.3) is 0 Å². The second-order valence-electron chi connectivity index (χ2n) is 5.62. The summed E-state index contributed by atoms with van der Waals surface area (Å²) in [6.07, 6.45) is 1.30. The Labute approximate surface area is 127 Å². The molecule has 0 saturated carbocycles. The molecule has 2 nitrogen and oxygen atoms in total. The Bertz CT molecular complexity index is 524. The summed E-state index contributed by atoms with van der Waals surface area (Å²) in [4.78, 5) is 11.0. The third-order valence-corrected chi connectivity index (χ3v) is 2.90. The van der Waals surface area contributed by atoms with Crippen LogP contribution in [0, 0.1) is 0 Å². The van der Waals surface area contributed by atoms with Crippen molar-refractivity contribution in [2.24, 2.45) is 0 Å². The van der Waals surface area contributed by atoms with E-state index in [1.54, 1.807) is 0 Å². The van der Waals surface area contributed by atoms with Gasteiger partial charge in [0.05, 0.1) is 5.60 Å². The Morgan fingerprint density at radius 1 is 0.952 bits per heavy atom. The van der Waals surface area contributed by atoms with E-state index in [9.17, 15) is 9.90 Å². The lowest BCUT2D eigenvalue weighted by molar-refractivity contribution is 0.0810. The van der Waals surface area contributed by atoms with E-state index in [1.165, 1.54) is 5.56 Å². The molecule has 0 saturated heterocycles. The summed E-state index contributed by atoms with van der Waals surface area (Å²) in [5.41, 5.74) is 1.39. The maximum Gasteiger partial charge on any atom is 0.162 e. The smallest absolute Gasteiger partial charge is 0.162 e. The SMILES string of the molecule is CC(C)(O)Cc1ccccc1.CCC(=O)c1ccccc1. The van der Waals surface area contributed by atoms with Crippen LogP contribution in [-0.4, -0.2) is 16.5 Å². The zero-order valence-electron chi connectivity index (χ0n) is 13.0. The average Bonchev–Trinajstić information content (AvgIpc) is 2.47. The molecule has 0 atom stereocenters. The number of rotatable bonds is 4. The molecule has 0 amide bonds. The predicted molar refractivity (Wildman–Crippen MR) is 87.5 cm³/mol. The van der Waals surface area contributed by atoms with E-state index in [-0.39, 0.29) is 5.78 Å². The highest BCUT2D eigenvalue weighted by atomic mass is 16.3. The normalized spacial score (nSPS) is 10.5. The van der Waals surface area contributed by atoms with Crippen LogP contribution in [0.3, 0.4) is 0 Å². The van der Waals surface area contributed by atoms with Gasteiger partial charge in [-0.25, -0.2) is 0 Å². The molecule has 0 fully saturated rings. The van der Waals surface area contributed by atoms with Crippen molar-refractivity contribution in [1.82, 2.24) is 0 Å². The number of Topliss-reactive ketones (excluding diaryl/α,β-unsaturated/α-hetero) is 1. The average molecular weight is 284 g/mol. The van der Waals surface area contributed by atoms with Crippen molar-refractivity contribution < 1.29 is 9.90 Å². The van der Waals surface area contributed by atoms with E-state index < -0.39 is 5.60 Å². The van der Waals surface area contributed by atoms with E-state index in [2.05, 4.69) is 0 Å². The van der Waals surface area contributed by atoms with E-state index in [4.69, 9.17) is 0 Å². The molecular weight excluding hydrogens is 260 g/mol. The minimum Gasteiger partial charge on any atom is -0.390 e. The number of carbonyl (C=O) groups excluding carboxylic acids is 1. The molecule has 0 aliphatic carbocycles. The lowest BCUT2D eigenvalue weighted by Crippen LogP contribution is -2.21. The van der Waals surface area contributed by atoms with Crippen molar-refractivity contribution >= 4 is 5.78 Å². The fourth-order valence-corrected chi connectivity index (χ4v) is 1.92. The van der Waals surface area contributed by atoms with Gasteiger partial charge in [-0.3, -0.25) is 4.79 Å². The maximum atomic E-state index is 11.0. The van der Waals surface area contributed by atoms with Gasteiger partial charge in [0.2, 0.25) is 0 Å². The summed E-state index contributed by atoms with van der Waals surface area (Å²) in [5.74, 6) is 0.209. The molecule has 0 heterocycles. The largest absolute Gasteiger partial charge is 0.390 e. The van der Waals surface area contributed by atoms with Crippen molar-refractivity contribution in [2.75, 3.05) is 0 Å². The molecule has 0 radical (unpaired) electrons. The zero-order chi connectivity index (χ0) is 15.7. The van der Waals surface area contributed by atoms with Gasteiger partial charge in [-0.2, -0.15) is 0 Å². The third kappa shape index (κ3) is 7.42. The topological polar surface area (TPSA) is 37.3 Å². The second-order valence-corrected chi connectivity index (χ2v) is 5.62. The predicted octanol–water partition coefficient (Wildman–Crippen LogP) is 4.28. The highest BCUT2D eigenvalue weighted by molar-refractivity contribution is 5.95. The number of hydrogen-bond acceptors (Lipinski definition) is 2. The molecule has 112 valence electrons. The first-order valence-electron chi connectivity index (χ1n) is 7.27. The van der Waals surface area contributed by atoms with Crippen LogP contribution in [0.5, 0.6) is 0 Å². The summed E-state index contributed by atoms with van der Waals surface area (Å²) < 4.78 is 0. The fourth-order valence-electron chi connectivity index (χ4n) is 1.92. The molecule has 2 aromatic carbocycles. The lowest BCUT2D eigenvalue weighted by atomic mass is 9.99. The quantitative estimate of drug-likeness (QED) is 0.851. The van der Waals surface area contributed by atoms with Crippen LogP contribution < -0.4 is 0 Å².